The van der Waals surface area contributed by atoms with Gasteiger partial charge in [-0.25, -0.2) is 4.99 Å². The van der Waals surface area contributed by atoms with Crippen LogP contribution in [0.4, 0.5) is 13.2 Å². The third-order valence-electron chi connectivity index (χ3n) is 3.61. The Bertz CT molecular complexity index is 805. The molecule has 0 aliphatic carbocycles. The summed E-state index contributed by atoms with van der Waals surface area (Å²) in [6, 6.07) is 12.7. The molecule has 23 heavy (non-hydrogen) atoms. The lowest BCUT2D eigenvalue weighted by atomic mass is 9.93. The highest BCUT2D eigenvalue weighted by atomic mass is 79.9. The molecule has 2 N–H and O–H groups in total. The molecule has 1 aliphatic heterocycles. The van der Waals surface area contributed by atoms with Gasteiger partial charge in [0.1, 0.15) is 10.4 Å². The molecule has 0 radical (unpaired) electrons. The van der Waals surface area contributed by atoms with Gasteiger partial charge in [0.25, 0.3) is 0 Å². The number of amidine groups is 1. The number of nitrogens with two attached hydrogens (primary N) is 1. The van der Waals surface area contributed by atoms with Crippen LogP contribution in [0, 0.1) is 0 Å². The molecule has 0 amide bonds. The number of fused-ring (bicyclic) bond motifs is 1. The van der Waals surface area contributed by atoms with Gasteiger partial charge in [-0.2, -0.15) is 13.2 Å². The smallest absolute Gasteiger partial charge is 0.387 e. The summed E-state index contributed by atoms with van der Waals surface area (Å²) in [5.41, 5.74) is 8.49. The van der Waals surface area contributed by atoms with E-state index in [1.54, 1.807) is 0 Å². The molecule has 118 valence electrons. The summed E-state index contributed by atoms with van der Waals surface area (Å²) in [7, 11) is 0. The Labute approximate surface area is 139 Å². The Balaban J connectivity index is 2.16. The predicted molar refractivity (Wildman–Crippen MR) is 88.2 cm³/mol. The second-order valence-electron chi connectivity index (χ2n) is 5.18. The summed E-state index contributed by atoms with van der Waals surface area (Å²) in [6.07, 6.45) is -3.86. The molecule has 0 aromatic heterocycles. The molecular weight excluding hydrogens is 369 g/mol. The topological polar surface area (TPSA) is 38.4 Å². The van der Waals surface area contributed by atoms with Crippen LogP contribution in [0.1, 0.15) is 22.3 Å². The monoisotopic (exact) mass is 380 g/mol. The molecule has 0 fully saturated rings. The highest BCUT2D eigenvalue weighted by molar-refractivity contribution is 9.11. The second kappa shape index (κ2) is 5.85. The molecule has 2 aromatic carbocycles. The predicted octanol–water partition coefficient (Wildman–Crippen LogP) is 4.73. The first kappa shape index (κ1) is 15.8. The van der Waals surface area contributed by atoms with Crippen molar-refractivity contribution in [2.75, 3.05) is 0 Å². The van der Waals surface area contributed by atoms with Crippen molar-refractivity contribution in [3.63, 3.8) is 0 Å². The standard InChI is InChI=1S/C17H12BrF3N2/c18-16-15(10-5-7-12(8-6-10)17(19,20)21)13-4-2-1-3-11(13)9-14(22)23-16/h1-8H,9H2,(H2,22,23). The molecule has 6 heteroatoms. The average Bonchev–Trinajstić information content (AvgIpc) is 2.61. The van der Waals surface area contributed by atoms with Gasteiger partial charge >= 0.3 is 6.18 Å². The molecule has 2 nitrogen and oxygen atoms in total. The summed E-state index contributed by atoms with van der Waals surface area (Å²) >= 11 is 3.40. The number of nitrogens with zero attached hydrogens (tertiary/aromatic N) is 1. The fraction of sp³-hybridized carbons (Fsp3) is 0.118. The Morgan fingerprint density at radius 2 is 1.65 bits per heavy atom. The number of rotatable bonds is 1. The maximum atomic E-state index is 12.7. The fourth-order valence-corrected chi connectivity index (χ4v) is 3.22. The summed E-state index contributed by atoms with van der Waals surface area (Å²) < 4.78 is 38.7. The van der Waals surface area contributed by atoms with E-state index in [1.807, 2.05) is 24.3 Å². The first-order valence-corrected chi connectivity index (χ1v) is 7.64. The van der Waals surface area contributed by atoms with E-state index >= 15 is 0 Å². The van der Waals surface area contributed by atoms with Gasteiger partial charge < -0.3 is 5.73 Å². The van der Waals surface area contributed by atoms with Gasteiger partial charge in [0, 0.05) is 12.0 Å². The number of alkyl halides is 3. The van der Waals surface area contributed by atoms with E-state index < -0.39 is 11.7 Å². The van der Waals surface area contributed by atoms with Crippen LogP contribution in [0.5, 0.6) is 0 Å². The molecule has 2 aromatic rings. The lowest BCUT2D eigenvalue weighted by Crippen LogP contribution is -2.14. The third kappa shape index (κ3) is 3.17. The molecule has 1 heterocycles. The number of hydrogen-bond donors (Lipinski definition) is 1. The molecule has 0 spiro atoms. The zero-order valence-electron chi connectivity index (χ0n) is 11.9. The van der Waals surface area contributed by atoms with Crippen molar-refractivity contribution in [2.45, 2.75) is 12.6 Å². The minimum absolute atomic E-state index is 0.450. The first-order chi connectivity index (χ1) is 10.9. The molecule has 0 saturated heterocycles. The average molecular weight is 381 g/mol. The van der Waals surface area contributed by atoms with E-state index in [-0.39, 0.29) is 0 Å². The van der Waals surface area contributed by atoms with E-state index in [9.17, 15) is 13.2 Å². The van der Waals surface area contributed by atoms with Crippen molar-refractivity contribution < 1.29 is 13.2 Å². The number of halogens is 4. The highest BCUT2D eigenvalue weighted by Crippen LogP contribution is 2.36. The van der Waals surface area contributed by atoms with Crippen LogP contribution in [0.2, 0.25) is 0 Å². The van der Waals surface area contributed by atoms with E-state index in [0.29, 0.717) is 22.4 Å². The third-order valence-corrected chi connectivity index (χ3v) is 4.18. The molecule has 0 unspecified atom stereocenters. The summed E-state index contributed by atoms with van der Waals surface area (Å²) in [6.45, 7) is 0. The fourth-order valence-electron chi connectivity index (χ4n) is 2.55. The number of aliphatic imine (C=N–C) groups is 1. The SMILES string of the molecule is NC1=NC(Br)=C(c2ccc(C(F)(F)F)cc2)c2ccccc2C1. The number of hydrogen-bond acceptors (Lipinski definition) is 2. The van der Waals surface area contributed by atoms with Gasteiger partial charge in [0.05, 0.1) is 5.56 Å². The van der Waals surface area contributed by atoms with Gasteiger partial charge in [0.2, 0.25) is 0 Å². The highest BCUT2D eigenvalue weighted by Gasteiger charge is 2.30. The Hall–Kier alpha value is -2.08. The maximum absolute atomic E-state index is 12.7. The van der Waals surface area contributed by atoms with Crippen molar-refractivity contribution in [3.8, 4) is 0 Å². The van der Waals surface area contributed by atoms with Gasteiger partial charge in [-0.1, -0.05) is 36.4 Å². The summed E-state index contributed by atoms with van der Waals surface area (Å²) in [5.74, 6) is 0.450. The van der Waals surface area contributed by atoms with Gasteiger partial charge in [-0.15, -0.1) is 0 Å². The van der Waals surface area contributed by atoms with Gasteiger partial charge in [-0.3, -0.25) is 0 Å². The lowest BCUT2D eigenvalue weighted by Gasteiger charge is -2.13. The molecule has 1 aliphatic rings. The minimum atomic E-state index is -4.35. The van der Waals surface area contributed by atoms with Crippen molar-refractivity contribution >= 4 is 27.3 Å². The summed E-state index contributed by atoms with van der Waals surface area (Å²) in [4.78, 5) is 4.29. The van der Waals surface area contributed by atoms with Gasteiger partial charge in [-0.05, 0) is 44.8 Å². The van der Waals surface area contributed by atoms with Crippen LogP contribution in [0.25, 0.3) is 5.57 Å². The van der Waals surface area contributed by atoms with Crippen LogP contribution in [0.15, 0.2) is 58.1 Å². The molecule has 0 atom stereocenters. The Morgan fingerprint density at radius 1 is 1.00 bits per heavy atom. The normalized spacial score (nSPS) is 15.0. The van der Waals surface area contributed by atoms with E-state index in [2.05, 4.69) is 20.9 Å². The zero-order chi connectivity index (χ0) is 16.6. The van der Waals surface area contributed by atoms with E-state index in [0.717, 1.165) is 28.8 Å². The van der Waals surface area contributed by atoms with Crippen molar-refractivity contribution in [2.24, 2.45) is 10.7 Å². The molecule has 0 bridgehead atoms. The minimum Gasteiger partial charge on any atom is -0.387 e. The molecular formula is C17H12BrF3N2. The Kier molecular flexibility index (Phi) is 4.02. The van der Waals surface area contributed by atoms with E-state index in [1.165, 1.54) is 12.1 Å². The van der Waals surface area contributed by atoms with E-state index in [4.69, 9.17) is 5.73 Å². The largest absolute Gasteiger partial charge is 0.416 e. The van der Waals surface area contributed by atoms with Crippen molar-refractivity contribution in [1.82, 2.24) is 0 Å². The van der Waals surface area contributed by atoms with Crippen LogP contribution < -0.4 is 5.73 Å². The zero-order valence-corrected chi connectivity index (χ0v) is 13.4. The second-order valence-corrected chi connectivity index (χ2v) is 5.93. The van der Waals surface area contributed by atoms with Crippen LogP contribution in [-0.2, 0) is 12.6 Å². The van der Waals surface area contributed by atoms with Crippen LogP contribution in [-0.4, -0.2) is 5.84 Å². The van der Waals surface area contributed by atoms with Crippen molar-refractivity contribution in [1.29, 1.82) is 0 Å². The number of benzene rings is 2. The van der Waals surface area contributed by atoms with Gasteiger partial charge in [0.15, 0.2) is 0 Å². The van der Waals surface area contributed by atoms with Crippen LogP contribution in [0.3, 0.4) is 0 Å². The quantitative estimate of drug-likeness (QED) is 0.713. The molecule has 3 rings (SSSR count). The first-order valence-electron chi connectivity index (χ1n) is 6.85. The van der Waals surface area contributed by atoms with Crippen molar-refractivity contribution in [3.05, 3.63) is 75.4 Å². The summed E-state index contributed by atoms with van der Waals surface area (Å²) in [5, 5.41) is 0. The van der Waals surface area contributed by atoms with Crippen LogP contribution >= 0.6 is 15.9 Å². The maximum Gasteiger partial charge on any atom is 0.416 e. The lowest BCUT2D eigenvalue weighted by molar-refractivity contribution is -0.137. The molecule has 0 saturated carbocycles. The Morgan fingerprint density at radius 3 is 2.30 bits per heavy atom.